The molecule has 0 rings (SSSR count). The molecule has 0 radical (unpaired) electrons. The lowest BCUT2D eigenvalue weighted by Gasteiger charge is -1.95. The summed E-state index contributed by atoms with van der Waals surface area (Å²) in [5, 5.41) is 10.3. The molecule has 11 heavy (non-hydrogen) atoms. The molecule has 4 nitrogen and oxygen atoms in total. The predicted octanol–water partition coefficient (Wildman–Crippen LogP) is 1.42. The molecule has 0 aromatic carbocycles. The van der Waals surface area contributed by atoms with Crippen LogP contribution in [0.1, 0.15) is 20.3 Å². The van der Waals surface area contributed by atoms with E-state index >= 15 is 0 Å². The van der Waals surface area contributed by atoms with Crippen LogP contribution in [0.15, 0.2) is 23.5 Å². The Bertz CT molecular complexity index is 206. The van der Waals surface area contributed by atoms with Crippen molar-refractivity contribution in [3.8, 4) is 0 Å². The Labute approximate surface area is 65.5 Å². The van der Waals surface area contributed by atoms with E-state index in [1.165, 1.54) is 12.2 Å². The van der Waals surface area contributed by atoms with Crippen molar-refractivity contribution in [1.82, 2.24) is 0 Å². The van der Waals surface area contributed by atoms with E-state index in [1.807, 2.05) is 6.92 Å². The molecular formula is C7H12N2O2. The first-order chi connectivity index (χ1) is 5.13. The van der Waals surface area contributed by atoms with Gasteiger partial charge in [0.2, 0.25) is 0 Å². The summed E-state index contributed by atoms with van der Waals surface area (Å²) in [5.74, 6) is 0. The van der Waals surface area contributed by atoms with Crippen LogP contribution in [0.5, 0.6) is 0 Å². The fraction of sp³-hybridized carbons (Fsp3) is 0.429. The van der Waals surface area contributed by atoms with Gasteiger partial charge in [-0.3, -0.25) is 10.1 Å². The minimum atomic E-state index is -0.473. The van der Waals surface area contributed by atoms with Crippen LogP contribution in [-0.4, -0.2) is 4.92 Å². The van der Waals surface area contributed by atoms with E-state index in [-0.39, 0.29) is 11.4 Å². The smallest absolute Gasteiger partial charge is 0.287 e. The lowest BCUT2D eigenvalue weighted by molar-refractivity contribution is -0.421. The van der Waals surface area contributed by atoms with Gasteiger partial charge in [-0.05, 0) is 19.4 Å². The Morgan fingerprint density at radius 1 is 1.73 bits per heavy atom. The van der Waals surface area contributed by atoms with Crippen LogP contribution in [0.4, 0.5) is 0 Å². The highest BCUT2D eigenvalue weighted by Gasteiger charge is 2.11. The van der Waals surface area contributed by atoms with Gasteiger partial charge in [-0.25, -0.2) is 0 Å². The van der Waals surface area contributed by atoms with Crippen LogP contribution in [0.2, 0.25) is 0 Å². The average molecular weight is 156 g/mol. The van der Waals surface area contributed by atoms with Crippen LogP contribution < -0.4 is 5.73 Å². The molecule has 0 saturated heterocycles. The third-order valence-electron chi connectivity index (χ3n) is 1.20. The fourth-order valence-corrected chi connectivity index (χ4v) is 0.639. The standard InChI is InChI=1S/C7H12N2O2/c1-3-5-7(9(10)11)6(8)4-2/h4-5H,3,8H2,1-2H3/b6-4+,7-5+. The Morgan fingerprint density at radius 3 is 2.55 bits per heavy atom. The van der Waals surface area contributed by atoms with Crippen molar-refractivity contribution in [2.45, 2.75) is 20.3 Å². The third-order valence-corrected chi connectivity index (χ3v) is 1.20. The zero-order valence-electron chi connectivity index (χ0n) is 6.70. The number of nitrogens with two attached hydrogens (primary N) is 1. The van der Waals surface area contributed by atoms with E-state index in [9.17, 15) is 10.1 Å². The first-order valence-corrected chi connectivity index (χ1v) is 3.40. The summed E-state index contributed by atoms with van der Waals surface area (Å²) in [6.45, 7) is 3.49. The Kier molecular flexibility index (Phi) is 3.95. The SMILES string of the molecule is C/C=C(N)\C(=C/CC)[N+](=O)[O-]. The van der Waals surface area contributed by atoms with Crippen LogP contribution in [0.3, 0.4) is 0 Å². The summed E-state index contributed by atoms with van der Waals surface area (Å²) in [4.78, 5) is 9.83. The zero-order chi connectivity index (χ0) is 8.85. The van der Waals surface area contributed by atoms with Crippen molar-refractivity contribution in [3.05, 3.63) is 33.7 Å². The zero-order valence-corrected chi connectivity index (χ0v) is 6.70. The monoisotopic (exact) mass is 156 g/mol. The average Bonchev–Trinajstić information content (AvgIpc) is 1.98. The van der Waals surface area contributed by atoms with Gasteiger partial charge in [0, 0.05) is 0 Å². The lowest BCUT2D eigenvalue weighted by Crippen LogP contribution is -2.08. The molecule has 0 amide bonds. The van der Waals surface area contributed by atoms with Gasteiger partial charge in [0.1, 0.15) is 5.70 Å². The van der Waals surface area contributed by atoms with E-state index in [4.69, 9.17) is 5.73 Å². The lowest BCUT2D eigenvalue weighted by atomic mass is 10.3. The molecule has 0 aromatic rings. The summed E-state index contributed by atoms with van der Waals surface area (Å²) >= 11 is 0. The second kappa shape index (κ2) is 4.49. The van der Waals surface area contributed by atoms with E-state index in [2.05, 4.69) is 0 Å². The molecule has 0 aromatic heterocycles. The molecule has 0 spiro atoms. The predicted molar refractivity (Wildman–Crippen MR) is 43.3 cm³/mol. The van der Waals surface area contributed by atoms with Gasteiger partial charge in [0.05, 0.1) is 4.92 Å². The highest BCUT2D eigenvalue weighted by atomic mass is 16.6. The summed E-state index contributed by atoms with van der Waals surface area (Å²) in [7, 11) is 0. The van der Waals surface area contributed by atoms with Crippen LogP contribution in [0.25, 0.3) is 0 Å². The molecule has 0 unspecified atom stereocenters. The molecule has 0 bridgehead atoms. The van der Waals surface area contributed by atoms with Gasteiger partial charge >= 0.3 is 0 Å². The largest absolute Gasteiger partial charge is 0.393 e. The molecule has 0 aliphatic rings. The summed E-state index contributed by atoms with van der Waals surface area (Å²) < 4.78 is 0. The number of nitrogens with zero attached hydrogens (tertiary/aromatic N) is 1. The number of nitro groups is 1. The first kappa shape index (κ1) is 9.68. The van der Waals surface area contributed by atoms with Gasteiger partial charge < -0.3 is 5.73 Å². The molecular weight excluding hydrogens is 144 g/mol. The maximum Gasteiger partial charge on any atom is 0.287 e. The fourth-order valence-electron chi connectivity index (χ4n) is 0.639. The maximum absolute atomic E-state index is 10.3. The molecule has 0 heterocycles. The molecule has 4 heteroatoms. The Balaban J connectivity index is 4.62. The van der Waals surface area contributed by atoms with Crippen molar-refractivity contribution in [1.29, 1.82) is 0 Å². The normalized spacial score (nSPS) is 13.3. The highest BCUT2D eigenvalue weighted by Crippen LogP contribution is 2.05. The van der Waals surface area contributed by atoms with Gasteiger partial charge in [-0.15, -0.1) is 0 Å². The second-order valence-corrected chi connectivity index (χ2v) is 2.00. The van der Waals surface area contributed by atoms with Crippen molar-refractivity contribution in [2.24, 2.45) is 5.73 Å². The third kappa shape index (κ3) is 2.84. The van der Waals surface area contributed by atoms with Gasteiger partial charge in [0.25, 0.3) is 5.70 Å². The van der Waals surface area contributed by atoms with E-state index in [1.54, 1.807) is 6.92 Å². The quantitative estimate of drug-likeness (QED) is 0.381. The van der Waals surface area contributed by atoms with Crippen LogP contribution in [0, 0.1) is 10.1 Å². The second-order valence-electron chi connectivity index (χ2n) is 2.00. The molecule has 2 N–H and O–H groups in total. The Hall–Kier alpha value is -1.32. The van der Waals surface area contributed by atoms with E-state index in [0.717, 1.165) is 0 Å². The molecule has 62 valence electrons. The van der Waals surface area contributed by atoms with E-state index < -0.39 is 4.92 Å². The van der Waals surface area contributed by atoms with Crippen molar-refractivity contribution >= 4 is 0 Å². The molecule has 0 atom stereocenters. The molecule has 0 aliphatic heterocycles. The first-order valence-electron chi connectivity index (χ1n) is 3.40. The van der Waals surface area contributed by atoms with E-state index in [0.29, 0.717) is 6.42 Å². The van der Waals surface area contributed by atoms with Gasteiger partial charge in [-0.1, -0.05) is 13.0 Å². The van der Waals surface area contributed by atoms with Crippen molar-refractivity contribution < 1.29 is 4.92 Å². The van der Waals surface area contributed by atoms with Crippen molar-refractivity contribution in [3.63, 3.8) is 0 Å². The molecule has 0 saturated carbocycles. The minimum absolute atomic E-state index is 0.00463. The number of allylic oxidation sites excluding steroid dienone is 2. The molecule has 0 aliphatic carbocycles. The van der Waals surface area contributed by atoms with Gasteiger partial charge in [-0.2, -0.15) is 0 Å². The number of hydrogen-bond acceptors (Lipinski definition) is 3. The van der Waals surface area contributed by atoms with Crippen LogP contribution in [-0.2, 0) is 0 Å². The van der Waals surface area contributed by atoms with Crippen LogP contribution >= 0.6 is 0 Å². The summed E-state index contributed by atoms with van der Waals surface area (Å²) in [6, 6.07) is 0. The number of rotatable bonds is 3. The topological polar surface area (TPSA) is 69.2 Å². The van der Waals surface area contributed by atoms with Gasteiger partial charge in [0.15, 0.2) is 0 Å². The maximum atomic E-state index is 10.3. The highest BCUT2D eigenvalue weighted by molar-refractivity contribution is 5.20. The summed E-state index contributed by atoms with van der Waals surface area (Å²) in [5.41, 5.74) is 5.57. The summed E-state index contributed by atoms with van der Waals surface area (Å²) in [6.07, 6.45) is 3.63. The Morgan fingerprint density at radius 2 is 2.27 bits per heavy atom. The number of hydrogen-bond donors (Lipinski definition) is 1. The van der Waals surface area contributed by atoms with Crippen molar-refractivity contribution in [2.75, 3.05) is 0 Å². The minimum Gasteiger partial charge on any atom is -0.393 e. The molecule has 0 fully saturated rings.